The predicted molar refractivity (Wildman–Crippen MR) is 88.0 cm³/mol. The van der Waals surface area contributed by atoms with E-state index in [2.05, 4.69) is 6.07 Å². The second-order valence-corrected chi connectivity index (χ2v) is 6.25. The van der Waals surface area contributed by atoms with Crippen LogP contribution in [0.3, 0.4) is 0 Å². The fraction of sp³-hybridized carbons (Fsp3) is 0.0556. The van der Waals surface area contributed by atoms with Gasteiger partial charge in [0, 0.05) is 20.9 Å². The minimum Gasteiger partial charge on any atom is -0.457 e. The van der Waals surface area contributed by atoms with Crippen molar-refractivity contribution in [2.75, 3.05) is 5.73 Å². The molecule has 4 rings (SSSR count). The third-order valence-corrected chi connectivity index (χ3v) is 4.97. The monoisotopic (exact) mass is 307 g/mol. The molecule has 2 N–H and O–H groups in total. The zero-order valence-electron chi connectivity index (χ0n) is 11.7. The molecule has 108 valence electrons. The second kappa shape index (κ2) is 5.07. The number of carbonyl (C=O) groups excluding carboxylic acids is 1. The molecule has 3 aromatic rings. The van der Waals surface area contributed by atoms with E-state index >= 15 is 0 Å². The number of nitrogen functional groups attached to an aromatic ring is 1. The molecule has 0 radical (unpaired) electrons. The molecule has 1 aliphatic heterocycles. The van der Waals surface area contributed by atoms with Crippen LogP contribution in [0.25, 0.3) is 10.8 Å². The number of ether oxygens (including phenoxy) is 1. The van der Waals surface area contributed by atoms with Gasteiger partial charge in [0.1, 0.15) is 6.61 Å². The van der Waals surface area contributed by atoms with Crippen LogP contribution in [-0.4, -0.2) is 5.97 Å². The smallest absolute Gasteiger partial charge is 0.339 e. The summed E-state index contributed by atoms with van der Waals surface area (Å²) in [5.74, 6) is -0.250. The van der Waals surface area contributed by atoms with Crippen LogP contribution < -0.4 is 5.73 Å². The molecule has 1 aliphatic rings. The second-order valence-electron chi connectivity index (χ2n) is 5.17. The van der Waals surface area contributed by atoms with Gasteiger partial charge in [0.2, 0.25) is 0 Å². The third kappa shape index (κ3) is 2.04. The summed E-state index contributed by atoms with van der Waals surface area (Å²) in [6, 6.07) is 17.6. The highest BCUT2D eigenvalue weighted by Crippen LogP contribution is 2.39. The average molecular weight is 307 g/mol. The van der Waals surface area contributed by atoms with Gasteiger partial charge in [-0.25, -0.2) is 4.79 Å². The number of rotatable bonds is 2. The lowest BCUT2D eigenvalue weighted by Gasteiger charge is -2.18. The maximum Gasteiger partial charge on any atom is 0.339 e. The van der Waals surface area contributed by atoms with E-state index in [1.165, 1.54) is 0 Å². The zero-order valence-corrected chi connectivity index (χ0v) is 12.5. The highest BCUT2D eigenvalue weighted by Gasteiger charge is 2.21. The van der Waals surface area contributed by atoms with Gasteiger partial charge in [-0.05, 0) is 35.2 Å². The molecule has 0 aliphatic carbocycles. The Hall–Kier alpha value is -2.46. The third-order valence-electron chi connectivity index (χ3n) is 3.80. The van der Waals surface area contributed by atoms with E-state index in [1.54, 1.807) is 11.8 Å². The molecule has 0 aromatic heterocycles. The van der Waals surface area contributed by atoms with Crippen LogP contribution in [0.4, 0.5) is 5.69 Å². The summed E-state index contributed by atoms with van der Waals surface area (Å²) >= 11 is 1.62. The SMILES string of the molecule is Nc1ccccc1Sc1ccc2c3c(cccc13)C(=O)OC2. The quantitative estimate of drug-likeness (QED) is 0.568. The van der Waals surface area contributed by atoms with Crippen LogP contribution >= 0.6 is 11.8 Å². The van der Waals surface area contributed by atoms with Gasteiger partial charge in [0.25, 0.3) is 0 Å². The van der Waals surface area contributed by atoms with Gasteiger partial charge in [-0.15, -0.1) is 0 Å². The van der Waals surface area contributed by atoms with Gasteiger partial charge in [0.05, 0.1) is 5.56 Å². The molecule has 0 fully saturated rings. The lowest BCUT2D eigenvalue weighted by molar-refractivity contribution is 0.0463. The molecule has 0 amide bonds. The Kier molecular flexibility index (Phi) is 3.05. The maximum absolute atomic E-state index is 11.9. The molecule has 0 saturated heterocycles. The number of para-hydroxylation sites is 1. The molecule has 3 aromatic carbocycles. The van der Waals surface area contributed by atoms with Crippen LogP contribution in [0.2, 0.25) is 0 Å². The minimum absolute atomic E-state index is 0.250. The normalized spacial score (nSPS) is 13.2. The Morgan fingerprint density at radius 1 is 0.955 bits per heavy atom. The van der Waals surface area contributed by atoms with Crippen molar-refractivity contribution >= 4 is 34.2 Å². The van der Waals surface area contributed by atoms with Crippen molar-refractivity contribution in [3.8, 4) is 0 Å². The molecule has 0 saturated carbocycles. The predicted octanol–water partition coefficient (Wildman–Crippen LogP) is 4.24. The van der Waals surface area contributed by atoms with Crippen molar-refractivity contribution in [2.45, 2.75) is 16.4 Å². The topological polar surface area (TPSA) is 52.3 Å². The first-order valence-electron chi connectivity index (χ1n) is 6.98. The summed E-state index contributed by atoms with van der Waals surface area (Å²) in [7, 11) is 0. The Balaban J connectivity index is 1.91. The molecular weight excluding hydrogens is 294 g/mol. The number of cyclic esters (lactones) is 1. The fourth-order valence-corrected chi connectivity index (χ4v) is 3.73. The van der Waals surface area contributed by atoms with E-state index in [9.17, 15) is 4.79 Å². The van der Waals surface area contributed by atoms with Gasteiger partial charge in [-0.3, -0.25) is 0 Å². The van der Waals surface area contributed by atoms with Crippen LogP contribution in [0.5, 0.6) is 0 Å². The summed E-state index contributed by atoms with van der Waals surface area (Å²) in [5, 5.41) is 2.07. The number of hydrogen-bond acceptors (Lipinski definition) is 4. The van der Waals surface area contributed by atoms with Gasteiger partial charge in [-0.2, -0.15) is 0 Å². The van der Waals surface area contributed by atoms with E-state index < -0.39 is 0 Å². The van der Waals surface area contributed by atoms with Crippen molar-refractivity contribution in [1.29, 1.82) is 0 Å². The first-order chi connectivity index (χ1) is 10.7. The zero-order chi connectivity index (χ0) is 15.1. The van der Waals surface area contributed by atoms with Crippen molar-refractivity contribution < 1.29 is 9.53 Å². The molecular formula is C18H13NO2S. The highest BCUT2D eigenvalue weighted by molar-refractivity contribution is 7.99. The average Bonchev–Trinajstić information content (AvgIpc) is 2.55. The largest absolute Gasteiger partial charge is 0.457 e. The van der Waals surface area contributed by atoms with Crippen molar-refractivity contribution in [1.82, 2.24) is 0 Å². The van der Waals surface area contributed by atoms with E-state index in [0.29, 0.717) is 12.2 Å². The number of benzene rings is 3. The summed E-state index contributed by atoms with van der Waals surface area (Å²) in [6.45, 7) is 0.338. The molecule has 3 nitrogen and oxygen atoms in total. The van der Waals surface area contributed by atoms with Crippen LogP contribution in [0.1, 0.15) is 15.9 Å². The maximum atomic E-state index is 11.9. The van der Waals surface area contributed by atoms with Crippen LogP contribution in [0.15, 0.2) is 64.4 Å². The summed E-state index contributed by atoms with van der Waals surface area (Å²) in [6.07, 6.45) is 0. The Morgan fingerprint density at radius 2 is 1.82 bits per heavy atom. The fourth-order valence-electron chi connectivity index (χ4n) is 2.75. The van der Waals surface area contributed by atoms with Crippen LogP contribution in [-0.2, 0) is 11.3 Å². The number of hydrogen-bond donors (Lipinski definition) is 1. The molecule has 22 heavy (non-hydrogen) atoms. The summed E-state index contributed by atoms with van der Waals surface area (Å²) < 4.78 is 5.21. The lowest BCUT2D eigenvalue weighted by atomic mass is 9.98. The van der Waals surface area contributed by atoms with E-state index in [4.69, 9.17) is 10.5 Å². The Morgan fingerprint density at radius 3 is 2.68 bits per heavy atom. The van der Waals surface area contributed by atoms with Gasteiger partial charge in [-0.1, -0.05) is 42.1 Å². The van der Waals surface area contributed by atoms with E-state index in [1.807, 2.05) is 48.5 Å². The Bertz CT molecular complexity index is 905. The van der Waals surface area contributed by atoms with E-state index in [0.717, 1.165) is 31.8 Å². The number of esters is 1. The first kappa shape index (κ1) is 13.2. The number of carbonyl (C=O) groups is 1. The van der Waals surface area contributed by atoms with Gasteiger partial charge < -0.3 is 10.5 Å². The Labute approximate surface area is 132 Å². The van der Waals surface area contributed by atoms with Gasteiger partial charge in [0.15, 0.2) is 0 Å². The first-order valence-corrected chi connectivity index (χ1v) is 7.80. The van der Waals surface area contributed by atoms with Crippen LogP contribution in [0, 0.1) is 0 Å². The summed E-state index contributed by atoms with van der Waals surface area (Å²) in [5.41, 5.74) is 8.49. The van der Waals surface area contributed by atoms with Crippen molar-refractivity contribution in [3.05, 3.63) is 65.7 Å². The standard InChI is InChI=1S/C18H13NO2S/c19-14-6-1-2-7-16(14)22-15-9-8-11-10-21-18(20)13-5-3-4-12(15)17(11)13/h1-9H,10,19H2. The van der Waals surface area contributed by atoms with E-state index in [-0.39, 0.29) is 5.97 Å². The number of anilines is 1. The molecule has 0 bridgehead atoms. The molecule has 0 spiro atoms. The minimum atomic E-state index is -0.250. The lowest BCUT2D eigenvalue weighted by Crippen LogP contribution is -2.12. The molecule has 1 heterocycles. The van der Waals surface area contributed by atoms with Crippen molar-refractivity contribution in [2.24, 2.45) is 0 Å². The summed E-state index contributed by atoms with van der Waals surface area (Å²) in [4.78, 5) is 14.1. The highest BCUT2D eigenvalue weighted by atomic mass is 32.2. The van der Waals surface area contributed by atoms with Crippen molar-refractivity contribution in [3.63, 3.8) is 0 Å². The molecule has 0 atom stereocenters. The molecule has 4 heteroatoms. The van der Waals surface area contributed by atoms with Gasteiger partial charge >= 0.3 is 5.97 Å². The molecule has 0 unspecified atom stereocenters. The number of nitrogens with two attached hydrogens (primary N) is 1.